The maximum atomic E-state index is 12.0. The third kappa shape index (κ3) is 5.08. The summed E-state index contributed by atoms with van der Waals surface area (Å²) in [5.74, 6) is 0.0371. The Kier molecular flexibility index (Phi) is 6.17. The van der Waals surface area contributed by atoms with Crippen molar-refractivity contribution in [3.63, 3.8) is 0 Å². The molecule has 0 amide bonds. The molecule has 0 saturated carbocycles. The molecule has 0 bridgehead atoms. The van der Waals surface area contributed by atoms with Crippen molar-refractivity contribution in [2.75, 3.05) is 5.43 Å². The first-order valence-electron chi connectivity index (χ1n) is 8.33. The zero-order valence-corrected chi connectivity index (χ0v) is 15.0. The number of hydrogen-bond acceptors (Lipinski definition) is 4. The Morgan fingerprint density at radius 3 is 2.00 bits per heavy atom. The van der Waals surface area contributed by atoms with E-state index in [-0.39, 0.29) is 23.4 Å². The summed E-state index contributed by atoms with van der Waals surface area (Å²) in [5, 5.41) is 8.05. The van der Waals surface area contributed by atoms with Crippen molar-refractivity contribution in [3.05, 3.63) is 59.7 Å². The van der Waals surface area contributed by atoms with Crippen LogP contribution in [0.25, 0.3) is 0 Å². The van der Waals surface area contributed by atoms with Crippen molar-refractivity contribution in [1.82, 2.24) is 0 Å². The van der Waals surface area contributed by atoms with Crippen LogP contribution in [0.2, 0.25) is 0 Å². The van der Waals surface area contributed by atoms with Gasteiger partial charge in [0, 0.05) is 23.0 Å². The van der Waals surface area contributed by atoms with Crippen LogP contribution in [0, 0.1) is 11.8 Å². The van der Waals surface area contributed by atoms with Crippen LogP contribution in [-0.4, -0.2) is 11.6 Å². The second-order valence-corrected chi connectivity index (χ2v) is 6.48. The Morgan fingerprint density at radius 1 is 0.840 bits per heavy atom. The van der Waals surface area contributed by atoms with Crippen LogP contribution in [0.3, 0.4) is 0 Å². The van der Waals surface area contributed by atoms with Gasteiger partial charge in [0.2, 0.25) is 0 Å². The molecule has 0 heterocycles. The van der Waals surface area contributed by atoms with Crippen LogP contribution < -0.4 is 5.43 Å². The van der Waals surface area contributed by atoms with E-state index in [4.69, 9.17) is 0 Å². The summed E-state index contributed by atoms with van der Waals surface area (Å²) >= 11 is 0. The minimum absolute atomic E-state index is 0.0573. The van der Waals surface area contributed by atoms with E-state index in [1.807, 2.05) is 33.8 Å². The molecule has 0 aromatic heterocycles. The molecule has 0 fully saturated rings. The molecule has 0 atom stereocenters. The van der Waals surface area contributed by atoms with E-state index in [2.05, 4.69) is 15.8 Å². The Labute approximate surface area is 148 Å². The molecular formula is C20H23N3O2. The fraction of sp³-hybridized carbons (Fsp3) is 0.300. The molecule has 130 valence electrons. The zero-order valence-electron chi connectivity index (χ0n) is 15.0. The van der Waals surface area contributed by atoms with Crippen LogP contribution in [-0.2, 0) is 0 Å². The number of rotatable bonds is 7. The summed E-state index contributed by atoms with van der Waals surface area (Å²) in [6, 6.07) is 14.2. The highest BCUT2D eigenvalue weighted by atomic mass is 16.1. The lowest BCUT2D eigenvalue weighted by molar-refractivity contribution is 0.0932. The highest BCUT2D eigenvalue weighted by molar-refractivity contribution is 5.98. The molecule has 0 aliphatic carbocycles. The van der Waals surface area contributed by atoms with E-state index in [9.17, 15) is 9.59 Å². The summed E-state index contributed by atoms with van der Waals surface area (Å²) in [4.78, 5) is 24.1. The Bertz CT molecular complexity index is 795. The smallest absolute Gasteiger partial charge is 0.165 e. The summed E-state index contributed by atoms with van der Waals surface area (Å²) in [6.45, 7) is 7.47. The van der Waals surface area contributed by atoms with Crippen LogP contribution in [0.4, 0.5) is 11.4 Å². The van der Waals surface area contributed by atoms with Crippen molar-refractivity contribution in [2.24, 2.45) is 22.2 Å². The number of hydrogen-bond donors (Lipinski definition) is 1. The minimum atomic E-state index is -0.0634. The highest BCUT2D eigenvalue weighted by Crippen LogP contribution is 2.19. The average Bonchev–Trinajstić information content (AvgIpc) is 2.60. The van der Waals surface area contributed by atoms with Gasteiger partial charge in [-0.15, -0.1) is 5.11 Å². The number of nitrogens with one attached hydrogen (secondary N) is 1. The van der Waals surface area contributed by atoms with Gasteiger partial charge < -0.3 is 0 Å². The molecule has 25 heavy (non-hydrogen) atoms. The molecule has 0 saturated heterocycles. The standard InChI is InChI=1S/C20H23N3O2/c1-13(2)19(24)15-7-5-9-17(11-15)21-23-22-18-10-6-8-16(12-18)20(25)14(3)4/h5-14H,1-4H3,(H,21,22). The maximum absolute atomic E-state index is 12.0. The normalized spacial score (nSPS) is 11.3. The summed E-state index contributed by atoms with van der Waals surface area (Å²) in [5.41, 5.74) is 5.36. The molecule has 5 nitrogen and oxygen atoms in total. The quantitative estimate of drug-likeness (QED) is 0.413. The molecule has 0 radical (unpaired) electrons. The van der Waals surface area contributed by atoms with E-state index in [1.165, 1.54) is 0 Å². The first-order chi connectivity index (χ1) is 11.9. The lowest BCUT2D eigenvalue weighted by atomic mass is 10.0. The van der Waals surface area contributed by atoms with Crippen molar-refractivity contribution >= 4 is 22.9 Å². The summed E-state index contributed by atoms with van der Waals surface area (Å²) in [7, 11) is 0. The number of anilines is 1. The SMILES string of the molecule is CC(C)C(=O)c1cccc(/N=N/Nc2cccc(C(=O)C(C)C)c2)c1. The van der Waals surface area contributed by atoms with Gasteiger partial charge in [-0.05, 0) is 24.3 Å². The largest absolute Gasteiger partial charge is 0.294 e. The van der Waals surface area contributed by atoms with Crippen LogP contribution in [0.1, 0.15) is 48.4 Å². The second-order valence-electron chi connectivity index (χ2n) is 6.48. The topological polar surface area (TPSA) is 70.9 Å². The number of nitrogens with zero attached hydrogens (tertiary/aromatic N) is 2. The molecule has 5 heteroatoms. The van der Waals surface area contributed by atoms with Crippen LogP contribution >= 0.6 is 0 Å². The van der Waals surface area contributed by atoms with Crippen molar-refractivity contribution in [2.45, 2.75) is 27.7 Å². The second kappa shape index (κ2) is 8.33. The number of carbonyl (C=O) groups is 2. The third-order valence-electron chi connectivity index (χ3n) is 3.67. The molecule has 2 rings (SSSR count). The van der Waals surface area contributed by atoms with Gasteiger partial charge in [-0.3, -0.25) is 15.0 Å². The predicted octanol–water partition coefficient (Wildman–Crippen LogP) is 5.47. The van der Waals surface area contributed by atoms with Gasteiger partial charge in [0.15, 0.2) is 11.6 Å². The molecule has 0 spiro atoms. The van der Waals surface area contributed by atoms with Gasteiger partial charge in [0.25, 0.3) is 0 Å². The number of carbonyl (C=O) groups excluding carboxylic acids is 2. The van der Waals surface area contributed by atoms with Gasteiger partial charge in [0.1, 0.15) is 0 Å². The lowest BCUT2D eigenvalue weighted by Crippen LogP contribution is -2.07. The Morgan fingerprint density at radius 2 is 1.40 bits per heavy atom. The van der Waals surface area contributed by atoms with Gasteiger partial charge in [-0.2, -0.15) is 0 Å². The lowest BCUT2D eigenvalue weighted by Gasteiger charge is -2.06. The summed E-state index contributed by atoms with van der Waals surface area (Å²) in [6.07, 6.45) is 0. The third-order valence-corrected chi connectivity index (χ3v) is 3.67. The van der Waals surface area contributed by atoms with Gasteiger partial charge in [0.05, 0.1) is 11.4 Å². The Hall–Kier alpha value is -2.82. The zero-order chi connectivity index (χ0) is 18.4. The Balaban J connectivity index is 2.09. The molecule has 1 N–H and O–H groups in total. The number of Topliss-reactive ketones (excluding diaryl/α,β-unsaturated/α-hetero) is 2. The van der Waals surface area contributed by atoms with E-state index in [0.29, 0.717) is 22.5 Å². The average molecular weight is 337 g/mol. The minimum Gasteiger partial charge on any atom is -0.294 e. The first-order valence-corrected chi connectivity index (χ1v) is 8.33. The number of ketones is 2. The highest BCUT2D eigenvalue weighted by Gasteiger charge is 2.11. The van der Waals surface area contributed by atoms with Crippen molar-refractivity contribution in [1.29, 1.82) is 0 Å². The fourth-order valence-electron chi connectivity index (χ4n) is 2.27. The molecule has 0 aliphatic rings. The molecule has 0 unspecified atom stereocenters. The van der Waals surface area contributed by atoms with E-state index in [0.717, 1.165) is 0 Å². The first kappa shape index (κ1) is 18.5. The predicted molar refractivity (Wildman–Crippen MR) is 99.4 cm³/mol. The van der Waals surface area contributed by atoms with E-state index >= 15 is 0 Å². The van der Waals surface area contributed by atoms with Crippen molar-refractivity contribution < 1.29 is 9.59 Å². The van der Waals surface area contributed by atoms with E-state index < -0.39 is 0 Å². The van der Waals surface area contributed by atoms with Gasteiger partial charge in [-0.25, -0.2) is 0 Å². The van der Waals surface area contributed by atoms with E-state index in [1.54, 1.807) is 42.5 Å². The monoisotopic (exact) mass is 337 g/mol. The maximum Gasteiger partial charge on any atom is 0.165 e. The summed E-state index contributed by atoms with van der Waals surface area (Å²) < 4.78 is 0. The fourth-order valence-corrected chi connectivity index (χ4v) is 2.27. The molecule has 0 aliphatic heterocycles. The van der Waals surface area contributed by atoms with Crippen LogP contribution in [0.15, 0.2) is 58.9 Å². The van der Waals surface area contributed by atoms with Crippen LogP contribution in [0.5, 0.6) is 0 Å². The number of benzene rings is 2. The molecule has 2 aromatic carbocycles. The van der Waals surface area contributed by atoms with Gasteiger partial charge in [-0.1, -0.05) is 57.2 Å². The van der Waals surface area contributed by atoms with Crippen molar-refractivity contribution in [3.8, 4) is 0 Å². The molecular weight excluding hydrogens is 314 g/mol. The molecule has 2 aromatic rings. The van der Waals surface area contributed by atoms with Gasteiger partial charge >= 0.3 is 0 Å².